The van der Waals surface area contributed by atoms with Crippen LogP contribution in [0.25, 0.3) is 10.9 Å². The molecule has 0 aliphatic carbocycles. The zero-order chi connectivity index (χ0) is 15.0. The first-order valence-corrected chi connectivity index (χ1v) is 6.98. The van der Waals surface area contributed by atoms with Crippen LogP contribution in [-0.2, 0) is 13.5 Å². The highest BCUT2D eigenvalue weighted by molar-refractivity contribution is 5.81. The lowest BCUT2D eigenvalue weighted by Gasteiger charge is -2.12. The Morgan fingerprint density at radius 2 is 2.00 bits per heavy atom. The van der Waals surface area contributed by atoms with Crippen LogP contribution < -0.4 is 5.73 Å². The molecular weight excluding hydrogens is 265 g/mol. The predicted molar refractivity (Wildman–Crippen MR) is 82.5 cm³/mol. The maximum atomic E-state index is 13.3. The van der Waals surface area contributed by atoms with E-state index in [1.807, 2.05) is 36.0 Å². The molecule has 0 fully saturated rings. The summed E-state index contributed by atoms with van der Waals surface area (Å²) in [5, 5.41) is 5.68. The van der Waals surface area contributed by atoms with E-state index >= 15 is 0 Å². The lowest BCUT2D eigenvalue weighted by molar-refractivity contribution is 0.614. The van der Waals surface area contributed by atoms with Gasteiger partial charge in [0.25, 0.3) is 0 Å². The van der Waals surface area contributed by atoms with Crippen LogP contribution in [-0.4, -0.2) is 9.78 Å². The van der Waals surface area contributed by atoms with Crippen molar-refractivity contribution >= 4 is 10.9 Å². The fourth-order valence-corrected chi connectivity index (χ4v) is 2.66. The molecular formula is C17H18FN3. The van der Waals surface area contributed by atoms with Crippen LogP contribution in [0.5, 0.6) is 0 Å². The largest absolute Gasteiger partial charge is 0.324 e. The summed E-state index contributed by atoms with van der Waals surface area (Å²) >= 11 is 0. The Hall–Kier alpha value is -2.20. The molecule has 0 bridgehead atoms. The van der Waals surface area contributed by atoms with Gasteiger partial charge in [0, 0.05) is 24.9 Å². The first kappa shape index (κ1) is 13.8. The molecule has 2 N–H and O–H groups in total. The van der Waals surface area contributed by atoms with Gasteiger partial charge in [0.05, 0.1) is 11.2 Å². The first-order chi connectivity index (χ1) is 10.1. The van der Waals surface area contributed by atoms with Crippen molar-refractivity contribution in [3.8, 4) is 0 Å². The van der Waals surface area contributed by atoms with Crippen LogP contribution >= 0.6 is 0 Å². The number of hydrogen-bond donors (Lipinski definition) is 1. The minimum Gasteiger partial charge on any atom is -0.324 e. The molecule has 3 nitrogen and oxygen atoms in total. The normalized spacial score (nSPS) is 12.8. The van der Waals surface area contributed by atoms with Crippen molar-refractivity contribution in [3.05, 3.63) is 65.1 Å². The Bertz CT molecular complexity index is 792. The Labute approximate surface area is 123 Å². The zero-order valence-corrected chi connectivity index (χ0v) is 12.2. The molecule has 21 heavy (non-hydrogen) atoms. The number of aryl methyl sites for hydroxylation is 2. The van der Waals surface area contributed by atoms with Crippen molar-refractivity contribution in [1.82, 2.24) is 9.78 Å². The molecule has 0 aliphatic rings. The van der Waals surface area contributed by atoms with Gasteiger partial charge >= 0.3 is 0 Å². The summed E-state index contributed by atoms with van der Waals surface area (Å²) in [4.78, 5) is 0. The lowest BCUT2D eigenvalue weighted by atomic mass is 9.99. The van der Waals surface area contributed by atoms with E-state index in [0.29, 0.717) is 12.0 Å². The SMILES string of the molecule is Cc1cc(C(N)Cc2nn(C)c3ccccc23)ccc1F. The van der Waals surface area contributed by atoms with E-state index in [9.17, 15) is 4.39 Å². The van der Waals surface area contributed by atoms with Gasteiger partial charge in [-0.05, 0) is 30.2 Å². The highest BCUT2D eigenvalue weighted by Crippen LogP contribution is 2.23. The van der Waals surface area contributed by atoms with Crippen molar-refractivity contribution in [1.29, 1.82) is 0 Å². The monoisotopic (exact) mass is 283 g/mol. The fourth-order valence-electron chi connectivity index (χ4n) is 2.66. The molecule has 108 valence electrons. The van der Waals surface area contributed by atoms with E-state index in [4.69, 9.17) is 5.73 Å². The van der Waals surface area contributed by atoms with Crippen molar-refractivity contribution < 1.29 is 4.39 Å². The highest BCUT2D eigenvalue weighted by Gasteiger charge is 2.14. The van der Waals surface area contributed by atoms with Gasteiger partial charge in [-0.15, -0.1) is 0 Å². The second kappa shape index (κ2) is 5.30. The summed E-state index contributed by atoms with van der Waals surface area (Å²) in [6.07, 6.45) is 0.631. The second-order valence-electron chi connectivity index (χ2n) is 5.41. The summed E-state index contributed by atoms with van der Waals surface area (Å²) in [5.41, 5.74) is 9.89. The predicted octanol–water partition coefficient (Wildman–Crippen LogP) is 3.26. The number of fused-ring (bicyclic) bond motifs is 1. The van der Waals surface area contributed by atoms with E-state index in [-0.39, 0.29) is 11.9 Å². The van der Waals surface area contributed by atoms with Gasteiger partial charge in [0.15, 0.2) is 0 Å². The Kier molecular flexibility index (Phi) is 3.47. The molecule has 3 aromatic rings. The van der Waals surface area contributed by atoms with E-state index in [2.05, 4.69) is 11.2 Å². The molecule has 1 aromatic heterocycles. The summed E-state index contributed by atoms with van der Waals surface area (Å²) in [6, 6.07) is 12.9. The van der Waals surface area contributed by atoms with Crippen LogP contribution in [0.2, 0.25) is 0 Å². The van der Waals surface area contributed by atoms with Crippen molar-refractivity contribution in [2.75, 3.05) is 0 Å². The number of benzene rings is 2. The zero-order valence-electron chi connectivity index (χ0n) is 12.2. The minimum atomic E-state index is -0.200. The van der Waals surface area contributed by atoms with Gasteiger partial charge < -0.3 is 5.73 Å². The van der Waals surface area contributed by atoms with Crippen molar-refractivity contribution in [2.45, 2.75) is 19.4 Å². The minimum absolute atomic E-state index is 0.192. The standard InChI is InChI=1S/C17H18FN3/c1-11-9-12(7-8-14(11)18)15(19)10-16-13-5-3-4-6-17(13)21(2)20-16/h3-9,15H,10,19H2,1-2H3. The number of nitrogens with zero attached hydrogens (tertiary/aromatic N) is 2. The number of nitrogens with two attached hydrogens (primary N) is 1. The van der Waals surface area contributed by atoms with E-state index < -0.39 is 0 Å². The number of aromatic nitrogens is 2. The first-order valence-electron chi connectivity index (χ1n) is 6.98. The van der Waals surface area contributed by atoms with Crippen LogP contribution in [0.15, 0.2) is 42.5 Å². The van der Waals surface area contributed by atoms with Gasteiger partial charge in [0.2, 0.25) is 0 Å². The van der Waals surface area contributed by atoms with Crippen LogP contribution in [0.3, 0.4) is 0 Å². The van der Waals surface area contributed by atoms with Gasteiger partial charge in [-0.2, -0.15) is 5.10 Å². The summed E-state index contributed by atoms with van der Waals surface area (Å²) in [6.45, 7) is 1.75. The lowest BCUT2D eigenvalue weighted by Crippen LogP contribution is -2.14. The highest BCUT2D eigenvalue weighted by atomic mass is 19.1. The molecule has 0 radical (unpaired) electrons. The second-order valence-corrected chi connectivity index (χ2v) is 5.41. The van der Waals surface area contributed by atoms with Crippen LogP contribution in [0.4, 0.5) is 4.39 Å². The summed E-state index contributed by atoms with van der Waals surface area (Å²) < 4.78 is 15.2. The third-order valence-corrected chi connectivity index (χ3v) is 3.86. The fraction of sp³-hybridized carbons (Fsp3) is 0.235. The molecule has 4 heteroatoms. The quantitative estimate of drug-likeness (QED) is 0.801. The molecule has 0 saturated heterocycles. The van der Waals surface area contributed by atoms with Crippen LogP contribution in [0, 0.1) is 12.7 Å². The van der Waals surface area contributed by atoms with E-state index in [1.54, 1.807) is 13.0 Å². The molecule has 1 unspecified atom stereocenters. The molecule has 0 spiro atoms. The van der Waals surface area contributed by atoms with Crippen molar-refractivity contribution in [3.63, 3.8) is 0 Å². The molecule has 1 heterocycles. The maximum absolute atomic E-state index is 13.3. The van der Waals surface area contributed by atoms with Gasteiger partial charge in [0.1, 0.15) is 5.82 Å². The molecule has 0 amide bonds. The average molecular weight is 283 g/mol. The third kappa shape index (κ3) is 2.54. The summed E-state index contributed by atoms with van der Waals surface area (Å²) in [5.74, 6) is -0.200. The third-order valence-electron chi connectivity index (χ3n) is 3.86. The number of rotatable bonds is 3. The number of halogens is 1. The Morgan fingerprint density at radius 1 is 1.24 bits per heavy atom. The molecule has 0 saturated carbocycles. The number of para-hydroxylation sites is 1. The van der Waals surface area contributed by atoms with E-state index in [0.717, 1.165) is 22.2 Å². The van der Waals surface area contributed by atoms with Gasteiger partial charge in [-0.3, -0.25) is 4.68 Å². The smallest absolute Gasteiger partial charge is 0.126 e. The molecule has 2 aromatic carbocycles. The average Bonchev–Trinajstić information content (AvgIpc) is 2.79. The Balaban J connectivity index is 1.92. The Morgan fingerprint density at radius 3 is 2.76 bits per heavy atom. The number of hydrogen-bond acceptors (Lipinski definition) is 2. The van der Waals surface area contributed by atoms with E-state index in [1.165, 1.54) is 6.07 Å². The summed E-state index contributed by atoms with van der Waals surface area (Å²) in [7, 11) is 1.93. The molecule has 1 atom stereocenters. The van der Waals surface area contributed by atoms with Crippen LogP contribution in [0.1, 0.15) is 22.9 Å². The van der Waals surface area contributed by atoms with Gasteiger partial charge in [-0.25, -0.2) is 4.39 Å². The molecule has 0 aliphatic heterocycles. The maximum Gasteiger partial charge on any atom is 0.126 e. The molecule has 3 rings (SSSR count). The van der Waals surface area contributed by atoms with Gasteiger partial charge in [-0.1, -0.05) is 30.3 Å². The van der Waals surface area contributed by atoms with Crippen molar-refractivity contribution in [2.24, 2.45) is 12.8 Å². The topological polar surface area (TPSA) is 43.8 Å².